The highest BCUT2D eigenvalue weighted by Gasteiger charge is 2.28. The molecule has 0 bridgehead atoms. The largest absolute Gasteiger partial charge is 0.381 e. The second-order valence-corrected chi connectivity index (χ2v) is 5.36. The van der Waals surface area contributed by atoms with Crippen LogP contribution in [0.5, 0.6) is 0 Å². The molecule has 86 valence electrons. The summed E-state index contributed by atoms with van der Waals surface area (Å²) in [5.74, 6) is -0.193. The van der Waals surface area contributed by atoms with E-state index in [-0.39, 0.29) is 5.82 Å². The third kappa shape index (κ3) is 1.59. The van der Waals surface area contributed by atoms with Crippen molar-refractivity contribution in [3.63, 3.8) is 0 Å². The van der Waals surface area contributed by atoms with E-state index >= 15 is 0 Å². The van der Waals surface area contributed by atoms with Gasteiger partial charge in [-0.15, -0.1) is 0 Å². The number of anilines is 2. The van der Waals surface area contributed by atoms with Gasteiger partial charge < -0.3 is 10.2 Å². The van der Waals surface area contributed by atoms with Crippen molar-refractivity contribution < 1.29 is 4.39 Å². The minimum Gasteiger partial charge on any atom is -0.381 e. The van der Waals surface area contributed by atoms with E-state index < -0.39 is 0 Å². The van der Waals surface area contributed by atoms with Crippen LogP contribution in [0.3, 0.4) is 0 Å². The maximum Gasteiger partial charge on any atom is 0.139 e. The van der Waals surface area contributed by atoms with Gasteiger partial charge in [-0.2, -0.15) is 0 Å². The molecule has 0 spiro atoms. The topological polar surface area (TPSA) is 15.3 Å². The minimum absolute atomic E-state index is 0.193. The van der Waals surface area contributed by atoms with E-state index in [4.69, 9.17) is 0 Å². The number of fused-ring (bicyclic) bond motifs is 3. The number of benzene rings is 1. The van der Waals surface area contributed by atoms with Gasteiger partial charge in [0.15, 0.2) is 0 Å². The molecule has 0 aromatic heterocycles. The Morgan fingerprint density at radius 1 is 1.38 bits per heavy atom. The molecular weight excluding hydrogens is 271 g/mol. The molecule has 0 aliphatic carbocycles. The Morgan fingerprint density at radius 2 is 2.25 bits per heavy atom. The molecule has 2 aliphatic heterocycles. The van der Waals surface area contributed by atoms with Crippen LogP contribution >= 0.6 is 15.9 Å². The van der Waals surface area contributed by atoms with Gasteiger partial charge in [-0.25, -0.2) is 4.39 Å². The van der Waals surface area contributed by atoms with Gasteiger partial charge in [0.05, 0.1) is 15.8 Å². The van der Waals surface area contributed by atoms with Gasteiger partial charge in [0.25, 0.3) is 0 Å². The van der Waals surface area contributed by atoms with Crippen LogP contribution < -0.4 is 10.2 Å². The van der Waals surface area contributed by atoms with E-state index in [2.05, 4.69) is 26.1 Å². The minimum atomic E-state index is -0.193. The molecule has 1 saturated heterocycles. The maximum atomic E-state index is 13.4. The third-order valence-electron chi connectivity index (χ3n) is 3.50. The summed E-state index contributed by atoms with van der Waals surface area (Å²) in [6.07, 6.45) is 3.78. The molecule has 0 radical (unpaired) electrons. The second kappa shape index (κ2) is 3.91. The number of rotatable bonds is 0. The number of nitrogens with one attached hydrogen (secondary N) is 1. The van der Waals surface area contributed by atoms with Crippen molar-refractivity contribution in [3.05, 3.63) is 22.4 Å². The molecule has 1 N–H and O–H groups in total. The lowest BCUT2D eigenvalue weighted by Crippen LogP contribution is -2.47. The first kappa shape index (κ1) is 10.4. The SMILES string of the molecule is Fc1cc2c(cc1Br)N1CCCC[C@@H]1CN2. The molecule has 0 amide bonds. The summed E-state index contributed by atoms with van der Waals surface area (Å²) >= 11 is 3.26. The molecule has 1 fully saturated rings. The number of hydrogen-bond donors (Lipinski definition) is 1. The summed E-state index contributed by atoms with van der Waals surface area (Å²) < 4.78 is 14.0. The van der Waals surface area contributed by atoms with Crippen LogP contribution in [0.25, 0.3) is 0 Å². The zero-order valence-electron chi connectivity index (χ0n) is 8.97. The van der Waals surface area contributed by atoms with Crippen LogP contribution in [0.1, 0.15) is 19.3 Å². The highest BCUT2D eigenvalue weighted by Crippen LogP contribution is 2.38. The van der Waals surface area contributed by atoms with Crippen molar-refractivity contribution in [2.45, 2.75) is 25.3 Å². The van der Waals surface area contributed by atoms with Gasteiger partial charge in [-0.3, -0.25) is 0 Å². The fourth-order valence-electron chi connectivity index (χ4n) is 2.67. The smallest absolute Gasteiger partial charge is 0.139 e. The van der Waals surface area contributed by atoms with Crippen LogP contribution in [0.2, 0.25) is 0 Å². The predicted octanol–water partition coefficient (Wildman–Crippen LogP) is 3.37. The number of nitrogens with zero attached hydrogens (tertiary/aromatic N) is 1. The summed E-state index contributed by atoms with van der Waals surface area (Å²) in [6.45, 7) is 2.03. The average molecular weight is 285 g/mol. The maximum absolute atomic E-state index is 13.4. The monoisotopic (exact) mass is 284 g/mol. The van der Waals surface area contributed by atoms with E-state index in [9.17, 15) is 4.39 Å². The highest BCUT2D eigenvalue weighted by atomic mass is 79.9. The van der Waals surface area contributed by atoms with Gasteiger partial charge in [0, 0.05) is 25.2 Å². The first-order chi connectivity index (χ1) is 7.75. The normalized spacial score (nSPS) is 23.4. The molecule has 0 saturated carbocycles. The molecule has 2 nitrogen and oxygen atoms in total. The van der Waals surface area contributed by atoms with Gasteiger partial charge in [-0.05, 0) is 41.3 Å². The van der Waals surface area contributed by atoms with Crippen molar-refractivity contribution in [1.29, 1.82) is 0 Å². The van der Waals surface area contributed by atoms with Crippen molar-refractivity contribution in [2.24, 2.45) is 0 Å². The number of hydrogen-bond acceptors (Lipinski definition) is 2. The molecule has 1 aromatic carbocycles. The summed E-state index contributed by atoms with van der Waals surface area (Å²) in [5.41, 5.74) is 2.07. The zero-order chi connectivity index (χ0) is 11.1. The van der Waals surface area contributed by atoms with Crippen molar-refractivity contribution in [2.75, 3.05) is 23.3 Å². The van der Waals surface area contributed by atoms with E-state index in [1.807, 2.05) is 6.07 Å². The van der Waals surface area contributed by atoms with Crippen LogP contribution in [0.4, 0.5) is 15.8 Å². The Balaban J connectivity index is 2.04. The number of piperidine rings is 1. The molecule has 1 atom stereocenters. The van der Waals surface area contributed by atoms with Crippen molar-refractivity contribution in [3.8, 4) is 0 Å². The van der Waals surface area contributed by atoms with Crippen LogP contribution in [-0.4, -0.2) is 19.1 Å². The number of halogens is 2. The summed E-state index contributed by atoms with van der Waals surface area (Å²) in [4.78, 5) is 2.42. The Morgan fingerprint density at radius 3 is 3.12 bits per heavy atom. The molecule has 16 heavy (non-hydrogen) atoms. The molecular formula is C12H14BrFN2. The first-order valence-electron chi connectivity index (χ1n) is 5.75. The third-order valence-corrected chi connectivity index (χ3v) is 4.11. The summed E-state index contributed by atoms with van der Waals surface area (Å²) in [7, 11) is 0. The quantitative estimate of drug-likeness (QED) is 0.786. The van der Waals surface area contributed by atoms with Crippen molar-refractivity contribution in [1.82, 2.24) is 0 Å². The molecule has 2 heterocycles. The van der Waals surface area contributed by atoms with Gasteiger partial charge in [0.1, 0.15) is 5.82 Å². The lowest BCUT2D eigenvalue weighted by atomic mass is 9.98. The van der Waals surface area contributed by atoms with Crippen LogP contribution in [0.15, 0.2) is 16.6 Å². The Bertz CT molecular complexity index is 422. The zero-order valence-corrected chi connectivity index (χ0v) is 10.6. The van der Waals surface area contributed by atoms with Crippen LogP contribution in [0, 0.1) is 5.82 Å². The van der Waals surface area contributed by atoms with Gasteiger partial charge in [0.2, 0.25) is 0 Å². The van der Waals surface area contributed by atoms with Crippen LogP contribution in [-0.2, 0) is 0 Å². The fourth-order valence-corrected chi connectivity index (χ4v) is 3.00. The summed E-state index contributed by atoms with van der Waals surface area (Å²) in [5, 5.41) is 3.33. The Labute approximate surface area is 103 Å². The lowest BCUT2D eigenvalue weighted by Gasteiger charge is -2.42. The second-order valence-electron chi connectivity index (χ2n) is 4.51. The Hall–Kier alpha value is -0.770. The van der Waals surface area contributed by atoms with Gasteiger partial charge >= 0.3 is 0 Å². The first-order valence-corrected chi connectivity index (χ1v) is 6.54. The molecule has 1 aromatic rings. The average Bonchev–Trinajstić information content (AvgIpc) is 2.31. The predicted molar refractivity (Wildman–Crippen MR) is 67.6 cm³/mol. The molecule has 0 unspecified atom stereocenters. The fraction of sp³-hybridized carbons (Fsp3) is 0.500. The molecule has 3 rings (SSSR count). The molecule has 2 aliphatic rings. The molecule has 4 heteroatoms. The standard InChI is InChI=1S/C12H14BrFN2/c13-9-5-12-11(6-10(9)14)15-7-8-3-1-2-4-16(8)12/h5-6,8,15H,1-4,7H2/t8-/m1/s1. The summed E-state index contributed by atoms with van der Waals surface area (Å²) in [6, 6.07) is 4.07. The Kier molecular flexibility index (Phi) is 2.54. The van der Waals surface area contributed by atoms with Gasteiger partial charge in [-0.1, -0.05) is 0 Å². The van der Waals surface area contributed by atoms with Crippen molar-refractivity contribution >= 4 is 27.3 Å². The van der Waals surface area contributed by atoms with E-state index in [0.717, 1.165) is 24.5 Å². The highest BCUT2D eigenvalue weighted by molar-refractivity contribution is 9.10. The van der Waals surface area contributed by atoms with E-state index in [1.165, 1.54) is 19.3 Å². The lowest BCUT2D eigenvalue weighted by molar-refractivity contribution is 0.465. The van der Waals surface area contributed by atoms with E-state index in [1.54, 1.807) is 6.07 Å². The van der Waals surface area contributed by atoms with E-state index in [0.29, 0.717) is 10.5 Å².